The minimum absolute atomic E-state index is 0.732. The molecule has 0 spiro atoms. The minimum Gasteiger partial charge on any atom is -0.377 e. The average molecular weight is 240 g/mol. The van der Waals surface area contributed by atoms with Crippen LogP contribution >= 0.6 is 0 Å². The van der Waals surface area contributed by atoms with Crippen molar-refractivity contribution in [3.8, 4) is 5.69 Å². The van der Waals surface area contributed by atoms with E-state index in [0.717, 1.165) is 25.3 Å². The van der Waals surface area contributed by atoms with Crippen molar-refractivity contribution in [2.75, 3.05) is 13.2 Å². The van der Waals surface area contributed by atoms with Crippen LogP contribution in [0, 0.1) is 6.92 Å². The number of ether oxygens (including phenoxy) is 1. The number of hydrogen-bond donors (Lipinski definition) is 0. The van der Waals surface area contributed by atoms with Crippen molar-refractivity contribution in [3.05, 3.63) is 53.9 Å². The van der Waals surface area contributed by atoms with Crippen LogP contribution in [0.25, 0.3) is 11.3 Å². The Morgan fingerprint density at radius 3 is 2.94 bits per heavy atom. The van der Waals surface area contributed by atoms with E-state index in [1.807, 2.05) is 16.9 Å². The fraction of sp³-hybridized carbons (Fsp3) is 0.267. The Bertz CT molecular complexity index is 570. The van der Waals surface area contributed by atoms with Crippen LogP contribution in [0.5, 0.6) is 0 Å². The summed E-state index contributed by atoms with van der Waals surface area (Å²) in [4.78, 5) is 0. The predicted molar refractivity (Wildman–Crippen MR) is 71.7 cm³/mol. The lowest BCUT2D eigenvalue weighted by atomic mass is 9.97. The fourth-order valence-corrected chi connectivity index (χ4v) is 2.34. The van der Waals surface area contributed by atoms with Crippen molar-refractivity contribution in [2.24, 2.45) is 0 Å². The van der Waals surface area contributed by atoms with Gasteiger partial charge in [0, 0.05) is 12.4 Å². The monoisotopic (exact) mass is 240 g/mol. The zero-order valence-electron chi connectivity index (χ0n) is 10.5. The fourth-order valence-electron chi connectivity index (χ4n) is 2.34. The molecule has 0 bridgehead atoms. The highest BCUT2D eigenvalue weighted by atomic mass is 16.5. The van der Waals surface area contributed by atoms with Gasteiger partial charge in [0.25, 0.3) is 0 Å². The van der Waals surface area contributed by atoms with E-state index in [2.05, 4.69) is 36.3 Å². The molecule has 3 rings (SSSR count). The van der Waals surface area contributed by atoms with Crippen LogP contribution in [0.2, 0.25) is 0 Å². The maximum Gasteiger partial charge on any atom is 0.0653 e. The molecule has 1 aliphatic heterocycles. The molecular formula is C15H16N2O. The van der Waals surface area contributed by atoms with E-state index >= 15 is 0 Å². The van der Waals surface area contributed by atoms with Gasteiger partial charge < -0.3 is 4.74 Å². The molecule has 3 nitrogen and oxygen atoms in total. The van der Waals surface area contributed by atoms with Crippen LogP contribution < -0.4 is 0 Å². The second-order valence-electron chi connectivity index (χ2n) is 4.50. The summed E-state index contributed by atoms with van der Waals surface area (Å²) in [7, 11) is 0. The summed E-state index contributed by atoms with van der Waals surface area (Å²) in [5.41, 5.74) is 5.12. The lowest BCUT2D eigenvalue weighted by molar-refractivity contribution is 0.161. The zero-order chi connectivity index (χ0) is 12.4. The first-order valence-electron chi connectivity index (χ1n) is 6.22. The second kappa shape index (κ2) is 4.78. The molecule has 0 aliphatic carbocycles. The molecule has 0 fully saturated rings. The van der Waals surface area contributed by atoms with Crippen molar-refractivity contribution in [2.45, 2.75) is 13.3 Å². The first-order chi connectivity index (χ1) is 8.84. The number of aromatic nitrogens is 2. The van der Waals surface area contributed by atoms with Gasteiger partial charge in [-0.15, -0.1) is 0 Å². The molecule has 2 aromatic rings. The number of nitrogens with zero attached hydrogens (tertiary/aromatic N) is 2. The van der Waals surface area contributed by atoms with Crippen LogP contribution in [0.1, 0.15) is 17.5 Å². The molecule has 0 atom stereocenters. The van der Waals surface area contributed by atoms with E-state index in [4.69, 9.17) is 4.74 Å². The molecule has 0 saturated heterocycles. The molecule has 0 radical (unpaired) electrons. The molecule has 0 unspecified atom stereocenters. The lowest BCUT2D eigenvalue weighted by Gasteiger charge is -2.16. The van der Waals surface area contributed by atoms with E-state index in [0.29, 0.717) is 0 Å². The molecule has 2 heterocycles. The van der Waals surface area contributed by atoms with Crippen molar-refractivity contribution >= 4 is 5.57 Å². The van der Waals surface area contributed by atoms with E-state index in [9.17, 15) is 0 Å². The number of benzene rings is 1. The highest BCUT2D eigenvalue weighted by molar-refractivity contribution is 5.69. The smallest absolute Gasteiger partial charge is 0.0653 e. The van der Waals surface area contributed by atoms with Gasteiger partial charge in [0.15, 0.2) is 0 Å². The quantitative estimate of drug-likeness (QED) is 0.807. The molecule has 92 valence electrons. The summed E-state index contributed by atoms with van der Waals surface area (Å²) in [5, 5.41) is 4.25. The minimum atomic E-state index is 0.732. The Kier molecular flexibility index (Phi) is 2.99. The first kappa shape index (κ1) is 11.2. The van der Waals surface area contributed by atoms with E-state index in [1.165, 1.54) is 16.7 Å². The molecule has 1 aromatic heterocycles. The molecule has 1 aliphatic rings. The third kappa shape index (κ3) is 2.09. The maximum absolute atomic E-state index is 5.35. The zero-order valence-corrected chi connectivity index (χ0v) is 10.5. The van der Waals surface area contributed by atoms with Crippen molar-refractivity contribution in [3.63, 3.8) is 0 Å². The first-order valence-corrected chi connectivity index (χ1v) is 6.22. The van der Waals surface area contributed by atoms with Gasteiger partial charge in [-0.2, -0.15) is 5.10 Å². The second-order valence-corrected chi connectivity index (χ2v) is 4.50. The van der Waals surface area contributed by atoms with Gasteiger partial charge >= 0.3 is 0 Å². The molecule has 3 heteroatoms. The summed E-state index contributed by atoms with van der Waals surface area (Å²) in [6.07, 6.45) is 6.94. The molecule has 0 N–H and O–H groups in total. The molecule has 0 amide bonds. The normalized spacial score (nSPS) is 15.5. The average Bonchev–Trinajstić information content (AvgIpc) is 2.93. The van der Waals surface area contributed by atoms with Crippen LogP contribution in [0.3, 0.4) is 0 Å². The highest BCUT2D eigenvalue weighted by Gasteiger charge is 2.09. The highest BCUT2D eigenvalue weighted by Crippen LogP contribution is 2.25. The predicted octanol–water partition coefficient (Wildman–Crippen LogP) is 2.98. The van der Waals surface area contributed by atoms with Gasteiger partial charge in [-0.05, 0) is 48.2 Å². The van der Waals surface area contributed by atoms with Crippen LogP contribution in [-0.4, -0.2) is 23.0 Å². The topological polar surface area (TPSA) is 27.1 Å². The Morgan fingerprint density at radius 1 is 1.33 bits per heavy atom. The summed E-state index contributed by atoms with van der Waals surface area (Å²) >= 11 is 0. The summed E-state index contributed by atoms with van der Waals surface area (Å²) < 4.78 is 7.24. The van der Waals surface area contributed by atoms with E-state index < -0.39 is 0 Å². The lowest BCUT2D eigenvalue weighted by Crippen LogP contribution is -2.05. The Labute approximate surface area is 107 Å². The van der Waals surface area contributed by atoms with Gasteiger partial charge in [0.1, 0.15) is 0 Å². The van der Waals surface area contributed by atoms with Crippen LogP contribution in [-0.2, 0) is 4.74 Å². The van der Waals surface area contributed by atoms with Crippen molar-refractivity contribution in [1.82, 2.24) is 9.78 Å². The molecule has 18 heavy (non-hydrogen) atoms. The largest absolute Gasteiger partial charge is 0.377 e. The van der Waals surface area contributed by atoms with Crippen LogP contribution in [0.4, 0.5) is 0 Å². The van der Waals surface area contributed by atoms with E-state index in [1.54, 1.807) is 6.20 Å². The number of aryl methyl sites for hydroxylation is 1. The van der Waals surface area contributed by atoms with Crippen molar-refractivity contribution in [1.29, 1.82) is 0 Å². The third-order valence-corrected chi connectivity index (χ3v) is 3.29. The van der Waals surface area contributed by atoms with Crippen molar-refractivity contribution < 1.29 is 4.74 Å². The standard InChI is InChI=1S/C15H16N2O/c1-12-11-14(17-8-2-7-16-17)3-4-15(12)13-5-9-18-10-6-13/h2-5,7-8,11H,6,9-10H2,1H3. The van der Waals surface area contributed by atoms with Gasteiger partial charge in [-0.25, -0.2) is 4.68 Å². The van der Waals surface area contributed by atoms with Gasteiger partial charge in [-0.1, -0.05) is 12.1 Å². The Morgan fingerprint density at radius 2 is 2.28 bits per heavy atom. The Balaban J connectivity index is 1.96. The summed E-state index contributed by atoms with van der Waals surface area (Å²) in [6, 6.07) is 8.41. The van der Waals surface area contributed by atoms with E-state index in [-0.39, 0.29) is 0 Å². The number of rotatable bonds is 2. The van der Waals surface area contributed by atoms with Crippen LogP contribution in [0.15, 0.2) is 42.7 Å². The maximum atomic E-state index is 5.35. The van der Waals surface area contributed by atoms with Gasteiger partial charge in [0.2, 0.25) is 0 Å². The molecule has 0 saturated carbocycles. The Hall–Kier alpha value is -1.87. The molecule has 1 aromatic carbocycles. The summed E-state index contributed by atoms with van der Waals surface area (Å²) in [5.74, 6) is 0. The van der Waals surface area contributed by atoms with Gasteiger partial charge in [-0.3, -0.25) is 0 Å². The number of hydrogen-bond acceptors (Lipinski definition) is 2. The molecular weight excluding hydrogens is 224 g/mol. The van der Waals surface area contributed by atoms with Gasteiger partial charge in [0.05, 0.1) is 18.9 Å². The SMILES string of the molecule is Cc1cc(-n2cccn2)ccc1C1=CCOCC1. The third-order valence-electron chi connectivity index (χ3n) is 3.29. The summed E-state index contributed by atoms with van der Waals surface area (Å²) in [6.45, 7) is 3.71.